The van der Waals surface area contributed by atoms with E-state index in [0.29, 0.717) is 6.54 Å². The molecule has 4 aliphatic rings. The summed E-state index contributed by atoms with van der Waals surface area (Å²) in [5.74, 6) is 1.81. The Balaban J connectivity index is 1.49. The van der Waals surface area contributed by atoms with Gasteiger partial charge in [-0.15, -0.1) is 0 Å². The zero-order valence-electron chi connectivity index (χ0n) is 11.6. The van der Waals surface area contributed by atoms with Gasteiger partial charge in [-0.2, -0.15) is 0 Å². The Morgan fingerprint density at radius 2 is 1.85 bits per heavy atom. The van der Waals surface area contributed by atoms with Gasteiger partial charge in [-0.1, -0.05) is 0 Å². The van der Waals surface area contributed by atoms with E-state index in [1.165, 1.54) is 44.8 Å². The van der Waals surface area contributed by atoms with E-state index in [1.54, 1.807) is 6.07 Å². The SMILES string of the molecule is O=C(O)c1occc1CNC12CC3CC(CC(C3)C1)C2. The average molecular weight is 275 g/mol. The van der Waals surface area contributed by atoms with Crippen molar-refractivity contribution in [1.29, 1.82) is 0 Å². The van der Waals surface area contributed by atoms with Gasteiger partial charge in [0.15, 0.2) is 0 Å². The Bertz CT molecular complexity index is 498. The van der Waals surface area contributed by atoms with Crippen LogP contribution in [0.15, 0.2) is 16.7 Å². The lowest BCUT2D eigenvalue weighted by Crippen LogP contribution is -2.58. The molecule has 5 rings (SSSR count). The van der Waals surface area contributed by atoms with Crippen molar-refractivity contribution in [2.24, 2.45) is 17.8 Å². The van der Waals surface area contributed by atoms with Crippen LogP contribution in [0.5, 0.6) is 0 Å². The first-order valence-electron chi connectivity index (χ1n) is 7.68. The highest BCUT2D eigenvalue weighted by atomic mass is 16.4. The van der Waals surface area contributed by atoms with Crippen molar-refractivity contribution in [2.75, 3.05) is 0 Å². The lowest BCUT2D eigenvalue weighted by atomic mass is 9.53. The van der Waals surface area contributed by atoms with Gasteiger partial charge in [-0.25, -0.2) is 4.79 Å². The lowest BCUT2D eigenvalue weighted by molar-refractivity contribution is -0.0206. The molecule has 0 radical (unpaired) electrons. The Morgan fingerprint density at radius 1 is 1.25 bits per heavy atom. The number of carboxylic acids is 1. The van der Waals surface area contributed by atoms with Gasteiger partial charge in [0.2, 0.25) is 5.76 Å². The van der Waals surface area contributed by atoms with Gasteiger partial charge in [0.25, 0.3) is 0 Å². The number of nitrogens with one attached hydrogen (secondary N) is 1. The third kappa shape index (κ3) is 1.97. The van der Waals surface area contributed by atoms with Crippen LogP contribution >= 0.6 is 0 Å². The molecule has 2 N–H and O–H groups in total. The fraction of sp³-hybridized carbons (Fsp3) is 0.688. The molecule has 4 heteroatoms. The Labute approximate surface area is 118 Å². The van der Waals surface area contributed by atoms with Gasteiger partial charge in [-0.05, 0) is 62.3 Å². The molecule has 4 bridgehead atoms. The molecule has 0 spiro atoms. The molecule has 0 amide bonds. The van der Waals surface area contributed by atoms with E-state index >= 15 is 0 Å². The van der Waals surface area contributed by atoms with E-state index < -0.39 is 5.97 Å². The smallest absolute Gasteiger partial charge is 0.372 e. The summed E-state index contributed by atoms with van der Waals surface area (Å²) in [5, 5.41) is 12.8. The molecule has 0 saturated heterocycles. The number of carboxylic acid groups (broad SMARTS) is 1. The maximum absolute atomic E-state index is 11.1. The number of hydrogen-bond donors (Lipinski definition) is 2. The van der Waals surface area contributed by atoms with Crippen molar-refractivity contribution in [2.45, 2.75) is 50.6 Å². The second kappa shape index (κ2) is 4.35. The largest absolute Gasteiger partial charge is 0.475 e. The van der Waals surface area contributed by atoms with E-state index in [0.717, 1.165) is 23.3 Å². The van der Waals surface area contributed by atoms with Gasteiger partial charge in [0.1, 0.15) is 0 Å². The second-order valence-corrected chi connectivity index (χ2v) is 7.13. The zero-order chi connectivity index (χ0) is 13.7. The highest BCUT2D eigenvalue weighted by Gasteiger charge is 2.50. The number of hydrogen-bond acceptors (Lipinski definition) is 3. The summed E-state index contributed by atoms with van der Waals surface area (Å²) in [6, 6.07) is 1.77. The fourth-order valence-corrected chi connectivity index (χ4v) is 5.27. The van der Waals surface area contributed by atoms with Crippen LogP contribution in [-0.2, 0) is 6.54 Å². The summed E-state index contributed by atoms with van der Waals surface area (Å²) < 4.78 is 5.06. The molecule has 1 heterocycles. The molecule has 0 unspecified atom stereocenters. The van der Waals surface area contributed by atoms with E-state index in [9.17, 15) is 4.79 Å². The van der Waals surface area contributed by atoms with Crippen molar-refractivity contribution in [3.63, 3.8) is 0 Å². The highest BCUT2D eigenvalue weighted by molar-refractivity contribution is 5.86. The summed E-state index contributed by atoms with van der Waals surface area (Å²) in [4.78, 5) is 11.1. The first kappa shape index (κ1) is 12.5. The van der Waals surface area contributed by atoms with Crippen LogP contribution in [0, 0.1) is 17.8 Å². The molecule has 4 saturated carbocycles. The predicted molar refractivity (Wildman–Crippen MR) is 73.4 cm³/mol. The first-order chi connectivity index (χ1) is 9.63. The van der Waals surface area contributed by atoms with Crippen LogP contribution in [0.4, 0.5) is 0 Å². The first-order valence-corrected chi connectivity index (χ1v) is 7.68. The average Bonchev–Trinajstić information content (AvgIpc) is 2.83. The quantitative estimate of drug-likeness (QED) is 0.886. The standard InChI is InChI=1S/C16H21NO3/c18-15(19)14-13(1-2-20-14)9-17-16-6-10-3-11(7-16)5-12(4-10)8-16/h1-2,10-12,17H,3-9H2,(H,18,19). The summed E-state index contributed by atoms with van der Waals surface area (Å²) in [7, 11) is 0. The summed E-state index contributed by atoms with van der Waals surface area (Å²) >= 11 is 0. The van der Waals surface area contributed by atoms with Crippen LogP contribution in [0.2, 0.25) is 0 Å². The number of furan rings is 1. The normalized spacial score (nSPS) is 38.3. The Hall–Kier alpha value is -1.29. The van der Waals surface area contributed by atoms with Gasteiger partial charge in [-0.3, -0.25) is 0 Å². The molecular formula is C16H21NO3. The van der Waals surface area contributed by atoms with E-state index in [4.69, 9.17) is 9.52 Å². The van der Waals surface area contributed by atoms with Gasteiger partial charge >= 0.3 is 5.97 Å². The minimum Gasteiger partial charge on any atom is -0.475 e. The fourth-order valence-electron chi connectivity index (χ4n) is 5.27. The minimum atomic E-state index is -0.975. The third-order valence-corrected chi connectivity index (χ3v) is 5.63. The second-order valence-electron chi connectivity index (χ2n) is 7.13. The monoisotopic (exact) mass is 275 g/mol. The van der Waals surface area contributed by atoms with Crippen molar-refractivity contribution >= 4 is 5.97 Å². The van der Waals surface area contributed by atoms with Gasteiger partial charge in [0, 0.05) is 17.6 Å². The van der Waals surface area contributed by atoms with Gasteiger partial charge in [0.05, 0.1) is 6.26 Å². The molecule has 4 aliphatic carbocycles. The molecule has 4 nitrogen and oxygen atoms in total. The molecule has 4 fully saturated rings. The van der Waals surface area contributed by atoms with Crippen LogP contribution in [0.3, 0.4) is 0 Å². The molecule has 1 aromatic heterocycles. The topological polar surface area (TPSA) is 62.5 Å². The van der Waals surface area contributed by atoms with E-state index in [-0.39, 0.29) is 11.3 Å². The molecule has 0 aromatic carbocycles. The van der Waals surface area contributed by atoms with Gasteiger partial charge < -0.3 is 14.8 Å². The Kier molecular flexibility index (Phi) is 2.71. The van der Waals surface area contributed by atoms with Crippen LogP contribution < -0.4 is 5.32 Å². The van der Waals surface area contributed by atoms with Crippen LogP contribution in [0.1, 0.15) is 54.6 Å². The van der Waals surface area contributed by atoms with Crippen molar-refractivity contribution < 1.29 is 14.3 Å². The lowest BCUT2D eigenvalue weighted by Gasteiger charge is -2.57. The van der Waals surface area contributed by atoms with Crippen molar-refractivity contribution in [3.8, 4) is 0 Å². The summed E-state index contributed by atoms with van der Waals surface area (Å²) in [6.07, 6.45) is 9.57. The number of rotatable bonds is 4. The van der Waals surface area contributed by atoms with Crippen LogP contribution in [0.25, 0.3) is 0 Å². The number of aromatic carboxylic acids is 1. The van der Waals surface area contributed by atoms with E-state index in [2.05, 4.69) is 5.32 Å². The maximum atomic E-state index is 11.1. The minimum absolute atomic E-state index is 0.0854. The molecule has 20 heavy (non-hydrogen) atoms. The third-order valence-electron chi connectivity index (χ3n) is 5.63. The predicted octanol–water partition coefficient (Wildman–Crippen LogP) is 3.04. The van der Waals surface area contributed by atoms with Crippen molar-refractivity contribution in [3.05, 3.63) is 23.7 Å². The maximum Gasteiger partial charge on any atom is 0.372 e. The van der Waals surface area contributed by atoms with Crippen LogP contribution in [-0.4, -0.2) is 16.6 Å². The summed E-state index contributed by atoms with van der Waals surface area (Å²) in [6.45, 7) is 0.615. The summed E-state index contributed by atoms with van der Waals surface area (Å²) in [5.41, 5.74) is 1.04. The van der Waals surface area contributed by atoms with E-state index in [1.807, 2.05) is 0 Å². The number of carbonyl (C=O) groups is 1. The molecule has 0 aliphatic heterocycles. The molecular weight excluding hydrogens is 254 g/mol. The molecule has 1 aromatic rings. The highest BCUT2D eigenvalue weighted by Crippen LogP contribution is 2.55. The molecule has 108 valence electrons. The zero-order valence-corrected chi connectivity index (χ0v) is 11.6. The Morgan fingerprint density at radius 3 is 2.40 bits per heavy atom. The van der Waals surface area contributed by atoms with Crippen molar-refractivity contribution in [1.82, 2.24) is 5.32 Å². The molecule has 0 atom stereocenters.